The van der Waals surface area contributed by atoms with Crippen molar-refractivity contribution >= 4 is 35.0 Å². The van der Waals surface area contributed by atoms with Crippen LogP contribution in [0.25, 0.3) is 0 Å². The third-order valence-electron chi connectivity index (χ3n) is 6.07. The van der Waals surface area contributed by atoms with Gasteiger partial charge in [-0.3, -0.25) is 19.2 Å². The summed E-state index contributed by atoms with van der Waals surface area (Å²) in [6.45, 7) is 7.42. The van der Waals surface area contributed by atoms with Crippen LogP contribution in [-0.4, -0.2) is 46.0 Å². The Morgan fingerprint density at radius 3 is 1.44 bits per heavy atom. The van der Waals surface area contributed by atoms with Crippen molar-refractivity contribution in [3.05, 3.63) is 58.7 Å². The van der Waals surface area contributed by atoms with Gasteiger partial charge in [-0.05, 0) is 51.0 Å². The minimum absolute atomic E-state index is 0.274. The Bertz CT molecular complexity index is 1070. The van der Waals surface area contributed by atoms with Crippen molar-refractivity contribution in [1.29, 1.82) is 0 Å². The molecule has 0 unspecified atom stereocenters. The summed E-state index contributed by atoms with van der Waals surface area (Å²) in [5.74, 6) is -2.16. The van der Waals surface area contributed by atoms with Crippen LogP contribution in [0.3, 0.4) is 0 Å². The third-order valence-corrected chi connectivity index (χ3v) is 6.07. The van der Waals surface area contributed by atoms with Gasteiger partial charge in [0.05, 0.1) is 24.2 Å². The van der Waals surface area contributed by atoms with Gasteiger partial charge >= 0.3 is 0 Å². The Hall–Kier alpha value is -3.36. The molecule has 2 aromatic carbocycles. The summed E-state index contributed by atoms with van der Waals surface area (Å²) < 4.78 is 0. The Morgan fingerprint density at radius 1 is 0.719 bits per heavy atom. The van der Waals surface area contributed by atoms with Gasteiger partial charge in [0, 0.05) is 0 Å². The number of hydroxylamine groups is 2. The zero-order valence-electron chi connectivity index (χ0n) is 18.5. The molecular weight excluding hydrogens is 410 g/mol. The first-order valence-corrected chi connectivity index (χ1v) is 10.5. The molecule has 4 rings (SSSR count). The van der Waals surface area contributed by atoms with Crippen LogP contribution in [-0.2, 0) is 19.2 Å². The summed E-state index contributed by atoms with van der Waals surface area (Å²) in [5.41, 5.74) is 4.40. The van der Waals surface area contributed by atoms with E-state index in [1.807, 2.05) is 26.0 Å². The molecule has 2 aliphatic rings. The summed E-state index contributed by atoms with van der Waals surface area (Å²) in [5, 5.41) is 11.4. The molecular formula is C24H25N3O5. The fraction of sp³-hybridized carbons (Fsp3) is 0.333. The van der Waals surface area contributed by atoms with E-state index in [0.717, 1.165) is 32.1 Å². The van der Waals surface area contributed by atoms with Crippen molar-refractivity contribution in [2.24, 2.45) is 0 Å². The van der Waals surface area contributed by atoms with Crippen molar-refractivity contribution in [3.8, 4) is 0 Å². The van der Waals surface area contributed by atoms with E-state index in [1.54, 1.807) is 38.1 Å². The molecule has 2 atom stereocenters. The van der Waals surface area contributed by atoms with Crippen molar-refractivity contribution in [1.82, 2.24) is 5.06 Å². The average Bonchev–Trinajstić information content (AvgIpc) is 3.17. The van der Waals surface area contributed by atoms with E-state index in [1.165, 1.54) is 0 Å². The van der Waals surface area contributed by atoms with Crippen LogP contribution < -0.4 is 9.80 Å². The quantitative estimate of drug-likeness (QED) is 0.586. The molecule has 0 spiro atoms. The molecule has 0 saturated carbocycles. The van der Waals surface area contributed by atoms with Gasteiger partial charge in [-0.15, -0.1) is 0 Å². The van der Waals surface area contributed by atoms with Crippen LogP contribution in [0.5, 0.6) is 0 Å². The molecule has 4 amide bonds. The summed E-state index contributed by atoms with van der Waals surface area (Å²) >= 11 is 0. The third kappa shape index (κ3) is 3.51. The number of hydrogen-bond acceptors (Lipinski definition) is 6. The van der Waals surface area contributed by atoms with Crippen molar-refractivity contribution in [3.63, 3.8) is 0 Å². The van der Waals surface area contributed by atoms with Gasteiger partial charge < -0.3 is 5.21 Å². The number of imide groups is 2. The fourth-order valence-electron chi connectivity index (χ4n) is 4.48. The van der Waals surface area contributed by atoms with E-state index in [4.69, 9.17) is 0 Å². The fourth-order valence-corrected chi connectivity index (χ4v) is 4.48. The van der Waals surface area contributed by atoms with E-state index in [2.05, 4.69) is 0 Å². The number of nitrogens with zero attached hydrogens (tertiary/aromatic N) is 3. The Balaban J connectivity index is 1.59. The monoisotopic (exact) mass is 435 g/mol. The standard InChI is InChI=1S/C24H25N3O5/c1-13-5-7-17(15(3)9-13)25-21(28)11-19(23(25)30)27(32)20-12-22(29)26(24(20)31)18-8-6-14(2)10-16(18)4/h5-10,19-20,32H,11-12H2,1-4H3/t19-,20-/m1/s1. The van der Waals surface area contributed by atoms with Crippen LogP contribution in [0.15, 0.2) is 36.4 Å². The number of amides is 4. The van der Waals surface area contributed by atoms with Crippen molar-refractivity contribution < 1.29 is 24.4 Å². The molecule has 2 fully saturated rings. The van der Waals surface area contributed by atoms with Gasteiger partial charge in [-0.2, -0.15) is 5.06 Å². The van der Waals surface area contributed by atoms with Gasteiger partial charge in [0.2, 0.25) is 11.8 Å². The van der Waals surface area contributed by atoms with Gasteiger partial charge in [0.25, 0.3) is 11.8 Å². The highest BCUT2D eigenvalue weighted by atomic mass is 16.5. The Labute approximate surface area is 186 Å². The maximum absolute atomic E-state index is 13.1. The number of anilines is 2. The zero-order chi connectivity index (χ0) is 23.3. The first-order valence-electron chi connectivity index (χ1n) is 10.5. The van der Waals surface area contributed by atoms with Crippen LogP contribution in [0, 0.1) is 27.7 Å². The Kier molecular flexibility index (Phi) is 5.44. The lowest BCUT2D eigenvalue weighted by Crippen LogP contribution is -2.49. The first-order chi connectivity index (χ1) is 15.1. The number of benzene rings is 2. The van der Waals surface area contributed by atoms with E-state index in [0.29, 0.717) is 16.4 Å². The average molecular weight is 435 g/mol. The summed E-state index contributed by atoms with van der Waals surface area (Å²) in [6, 6.07) is 8.24. The van der Waals surface area contributed by atoms with Crippen molar-refractivity contribution in [2.75, 3.05) is 9.80 Å². The van der Waals surface area contributed by atoms with Gasteiger partial charge in [-0.1, -0.05) is 35.4 Å². The maximum Gasteiger partial charge on any atom is 0.254 e. The summed E-state index contributed by atoms with van der Waals surface area (Å²) in [7, 11) is 0. The molecule has 2 saturated heterocycles. The lowest BCUT2D eigenvalue weighted by molar-refractivity contribution is -0.172. The highest BCUT2D eigenvalue weighted by Gasteiger charge is 2.50. The lowest BCUT2D eigenvalue weighted by atomic mass is 10.1. The van der Waals surface area contributed by atoms with Gasteiger partial charge in [0.1, 0.15) is 12.1 Å². The summed E-state index contributed by atoms with van der Waals surface area (Å²) in [6.07, 6.45) is -0.547. The van der Waals surface area contributed by atoms with E-state index in [-0.39, 0.29) is 12.8 Å². The second-order valence-corrected chi connectivity index (χ2v) is 8.53. The molecule has 2 aliphatic heterocycles. The molecule has 32 heavy (non-hydrogen) atoms. The molecule has 166 valence electrons. The van der Waals surface area contributed by atoms with E-state index < -0.39 is 35.7 Å². The topological polar surface area (TPSA) is 98.2 Å². The second-order valence-electron chi connectivity index (χ2n) is 8.53. The minimum atomic E-state index is -1.23. The highest BCUT2D eigenvalue weighted by molar-refractivity contribution is 6.24. The van der Waals surface area contributed by atoms with Gasteiger partial charge in [0.15, 0.2) is 0 Å². The lowest BCUT2D eigenvalue weighted by Gasteiger charge is -2.26. The maximum atomic E-state index is 13.1. The number of hydrogen-bond donors (Lipinski definition) is 1. The summed E-state index contributed by atoms with van der Waals surface area (Å²) in [4.78, 5) is 53.6. The van der Waals surface area contributed by atoms with E-state index in [9.17, 15) is 24.4 Å². The molecule has 8 heteroatoms. The molecule has 2 aromatic rings. The Morgan fingerprint density at radius 2 is 1.09 bits per heavy atom. The van der Waals surface area contributed by atoms with E-state index >= 15 is 0 Å². The van der Waals surface area contributed by atoms with Crippen LogP contribution in [0.2, 0.25) is 0 Å². The molecule has 0 aliphatic carbocycles. The normalized spacial score (nSPS) is 21.4. The SMILES string of the molecule is Cc1ccc(N2C(=O)C[C@@H](N(O)[C@@H]3CC(=O)N(c4ccc(C)cc4C)C3=O)C2=O)c(C)c1. The predicted molar refractivity (Wildman–Crippen MR) is 117 cm³/mol. The highest BCUT2D eigenvalue weighted by Crippen LogP contribution is 2.33. The molecule has 0 radical (unpaired) electrons. The van der Waals surface area contributed by atoms with Crippen LogP contribution in [0.4, 0.5) is 11.4 Å². The molecule has 0 aromatic heterocycles. The predicted octanol–water partition coefficient (Wildman–Crippen LogP) is 2.58. The molecule has 8 nitrogen and oxygen atoms in total. The number of aryl methyl sites for hydroxylation is 4. The van der Waals surface area contributed by atoms with Crippen LogP contribution in [0.1, 0.15) is 35.1 Å². The van der Waals surface area contributed by atoms with Gasteiger partial charge in [-0.25, -0.2) is 9.80 Å². The van der Waals surface area contributed by atoms with Crippen molar-refractivity contribution in [2.45, 2.75) is 52.6 Å². The number of rotatable bonds is 4. The number of carbonyl (C=O) groups is 4. The zero-order valence-corrected chi connectivity index (χ0v) is 18.5. The first kappa shape index (κ1) is 21.9. The molecule has 1 N–H and O–H groups in total. The second kappa shape index (κ2) is 7.96. The minimum Gasteiger partial charge on any atom is -0.312 e. The number of carbonyl (C=O) groups excluding carboxylic acids is 4. The molecule has 0 bridgehead atoms. The largest absolute Gasteiger partial charge is 0.312 e. The smallest absolute Gasteiger partial charge is 0.254 e. The van der Waals surface area contributed by atoms with Crippen LogP contribution >= 0.6 is 0 Å². The molecule has 2 heterocycles.